The lowest BCUT2D eigenvalue weighted by atomic mass is 10.0. The first-order valence-corrected chi connectivity index (χ1v) is 7.82. The molecule has 1 saturated heterocycles. The Hall–Kier alpha value is -1.57. The van der Waals surface area contributed by atoms with Crippen LogP contribution in [0.25, 0.3) is 0 Å². The van der Waals surface area contributed by atoms with Gasteiger partial charge in [-0.1, -0.05) is 17.3 Å². The van der Waals surface area contributed by atoms with Crippen LogP contribution in [0.1, 0.15) is 24.2 Å². The van der Waals surface area contributed by atoms with Gasteiger partial charge in [0.2, 0.25) is 11.7 Å². The maximum Gasteiger partial charge on any atom is 0.249 e. The van der Waals surface area contributed by atoms with Crippen LogP contribution >= 0.6 is 11.8 Å². The fourth-order valence-electron chi connectivity index (χ4n) is 2.46. The molecule has 1 aromatic heterocycles. The molecular weight excluding hydrogens is 290 g/mol. The van der Waals surface area contributed by atoms with Crippen LogP contribution in [0.15, 0.2) is 33.7 Å². The van der Waals surface area contributed by atoms with Gasteiger partial charge in [-0.2, -0.15) is 4.98 Å². The topological polar surface area (TPSA) is 83.4 Å². The van der Waals surface area contributed by atoms with Gasteiger partial charge in [0.1, 0.15) is 11.3 Å². The Labute approximate surface area is 126 Å². The average molecular weight is 305 g/mol. The monoisotopic (exact) mass is 305 g/mol. The van der Waals surface area contributed by atoms with Crippen LogP contribution < -0.4 is 10.5 Å². The molecule has 0 radical (unpaired) electrons. The van der Waals surface area contributed by atoms with E-state index in [0.717, 1.165) is 16.4 Å². The highest BCUT2D eigenvalue weighted by atomic mass is 32.2. The highest BCUT2D eigenvalue weighted by Gasteiger charge is 2.39. The number of thioether (sulfide) groups is 1. The summed E-state index contributed by atoms with van der Waals surface area (Å²) in [6, 6.07) is 7.95. The molecule has 0 spiro atoms. The molecule has 21 heavy (non-hydrogen) atoms. The molecule has 0 saturated carbocycles. The number of aromatic nitrogens is 2. The first kappa shape index (κ1) is 13.1. The van der Waals surface area contributed by atoms with E-state index in [1.165, 1.54) is 0 Å². The predicted molar refractivity (Wildman–Crippen MR) is 76.1 cm³/mol. The number of nitrogens with zero attached hydrogens (tertiary/aromatic N) is 2. The maximum atomic E-state index is 6.23. The van der Waals surface area contributed by atoms with Crippen LogP contribution in [-0.4, -0.2) is 29.1 Å². The summed E-state index contributed by atoms with van der Waals surface area (Å²) in [7, 11) is 0. The molecule has 0 aliphatic carbocycles. The van der Waals surface area contributed by atoms with Gasteiger partial charge in [0.05, 0.1) is 6.61 Å². The number of rotatable bonds is 2. The normalized spacial score (nSPS) is 28.1. The molecule has 2 N–H and O–H groups in total. The van der Waals surface area contributed by atoms with Crippen molar-refractivity contribution in [2.45, 2.75) is 23.0 Å². The van der Waals surface area contributed by atoms with Crippen LogP contribution in [0.5, 0.6) is 5.75 Å². The summed E-state index contributed by atoms with van der Waals surface area (Å²) in [4.78, 5) is 5.58. The van der Waals surface area contributed by atoms with Crippen molar-refractivity contribution in [3.8, 4) is 5.75 Å². The zero-order valence-electron chi connectivity index (χ0n) is 11.3. The molecular formula is C14H15N3O3S. The van der Waals surface area contributed by atoms with E-state index >= 15 is 0 Å². The number of nitrogens with two attached hydrogens (primary N) is 1. The summed E-state index contributed by atoms with van der Waals surface area (Å²) >= 11 is 1.73. The molecule has 0 amide bonds. The SMILES string of the molecule is NC1(c2nc(C3CSc4ccccc4O3)no2)CCOC1. The largest absolute Gasteiger partial charge is 0.480 e. The standard InChI is InChI=1S/C14H15N3O3S/c15-14(5-6-18-8-14)13-16-12(17-20-13)10-7-21-11-4-2-1-3-9(11)19-10/h1-4,10H,5-8,15H2. The Bertz CT molecular complexity index is 654. The number of fused-ring (bicyclic) bond motifs is 1. The predicted octanol–water partition coefficient (Wildman–Crippen LogP) is 1.87. The molecule has 1 fully saturated rings. The lowest BCUT2D eigenvalue weighted by molar-refractivity contribution is 0.165. The molecule has 2 atom stereocenters. The minimum Gasteiger partial charge on any atom is -0.480 e. The van der Waals surface area contributed by atoms with Crippen LogP contribution in [0, 0.1) is 0 Å². The van der Waals surface area contributed by atoms with E-state index in [1.54, 1.807) is 11.8 Å². The van der Waals surface area contributed by atoms with Gasteiger partial charge in [-0.3, -0.25) is 0 Å². The van der Waals surface area contributed by atoms with Gasteiger partial charge in [0, 0.05) is 17.3 Å². The number of benzene rings is 1. The zero-order valence-corrected chi connectivity index (χ0v) is 12.1. The summed E-state index contributed by atoms with van der Waals surface area (Å²) in [5.41, 5.74) is 5.57. The second-order valence-electron chi connectivity index (χ2n) is 5.28. The Morgan fingerprint density at radius 3 is 3.10 bits per heavy atom. The average Bonchev–Trinajstić information content (AvgIpc) is 3.17. The van der Waals surface area contributed by atoms with Gasteiger partial charge in [0.25, 0.3) is 0 Å². The van der Waals surface area contributed by atoms with E-state index < -0.39 is 5.54 Å². The van der Waals surface area contributed by atoms with E-state index in [9.17, 15) is 0 Å². The lowest BCUT2D eigenvalue weighted by Crippen LogP contribution is -2.37. The summed E-state index contributed by atoms with van der Waals surface area (Å²) in [5.74, 6) is 2.59. The molecule has 3 heterocycles. The van der Waals surface area contributed by atoms with E-state index in [-0.39, 0.29) is 6.10 Å². The van der Waals surface area contributed by atoms with Gasteiger partial charge in [0.15, 0.2) is 6.10 Å². The number of para-hydroxylation sites is 1. The van der Waals surface area contributed by atoms with Gasteiger partial charge in [-0.25, -0.2) is 0 Å². The Kier molecular flexibility index (Phi) is 3.13. The molecule has 7 heteroatoms. The third kappa shape index (κ3) is 2.31. The molecule has 2 aromatic rings. The fraction of sp³-hybridized carbons (Fsp3) is 0.429. The zero-order chi connectivity index (χ0) is 14.3. The fourth-order valence-corrected chi connectivity index (χ4v) is 3.45. The van der Waals surface area contributed by atoms with E-state index in [1.807, 2.05) is 24.3 Å². The lowest BCUT2D eigenvalue weighted by Gasteiger charge is -2.23. The smallest absolute Gasteiger partial charge is 0.249 e. The van der Waals surface area contributed by atoms with Crippen LogP contribution in [0.4, 0.5) is 0 Å². The third-order valence-corrected chi connectivity index (χ3v) is 4.83. The molecule has 2 aliphatic heterocycles. The van der Waals surface area contributed by atoms with Crippen molar-refractivity contribution < 1.29 is 14.0 Å². The Morgan fingerprint density at radius 1 is 1.33 bits per heavy atom. The summed E-state index contributed by atoms with van der Waals surface area (Å²) in [5, 5.41) is 4.04. The second kappa shape index (κ2) is 5.01. The summed E-state index contributed by atoms with van der Waals surface area (Å²) in [6.07, 6.45) is 0.478. The van der Waals surface area contributed by atoms with E-state index in [0.29, 0.717) is 31.3 Å². The molecule has 4 rings (SSSR count). The number of hydrogen-bond acceptors (Lipinski definition) is 7. The van der Waals surface area contributed by atoms with E-state index in [2.05, 4.69) is 10.1 Å². The van der Waals surface area contributed by atoms with Crippen molar-refractivity contribution in [1.82, 2.24) is 10.1 Å². The third-order valence-electron chi connectivity index (χ3n) is 3.72. The number of hydrogen-bond donors (Lipinski definition) is 1. The first-order valence-electron chi connectivity index (χ1n) is 6.84. The molecule has 0 bridgehead atoms. The minimum absolute atomic E-state index is 0.215. The molecule has 2 unspecified atom stereocenters. The Balaban J connectivity index is 1.57. The number of ether oxygens (including phenoxy) is 2. The van der Waals surface area contributed by atoms with Crippen molar-refractivity contribution in [1.29, 1.82) is 0 Å². The van der Waals surface area contributed by atoms with Crippen LogP contribution in [0.2, 0.25) is 0 Å². The molecule has 6 nitrogen and oxygen atoms in total. The Morgan fingerprint density at radius 2 is 2.24 bits per heavy atom. The van der Waals surface area contributed by atoms with Crippen molar-refractivity contribution in [3.63, 3.8) is 0 Å². The van der Waals surface area contributed by atoms with Crippen LogP contribution in [-0.2, 0) is 10.3 Å². The molecule has 2 aliphatic rings. The van der Waals surface area contributed by atoms with Gasteiger partial charge < -0.3 is 19.7 Å². The van der Waals surface area contributed by atoms with Gasteiger partial charge in [-0.15, -0.1) is 11.8 Å². The summed E-state index contributed by atoms with van der Waals surface area (Å²) in [6.45, 7) is 1.04. The summed E-state index contributed by atoms with van der Waals surface area (Å²) < 4.78 is 16.6. The van der Waals surface area contributed by atoms with Crippen LogP contribution in [0.3, 0.4) is 0 Å². The molecule has 110 valence electrons. The van der Waals surface area contributed by atoms with Crippen molar-refractivity contribution in [2.24, 2.45) is 5.73 Å². The maximum absolute atomic E-state index is 6.23. The quantitative estimate of drug-likeness (QED) is 0.906. The highest BCUT2D eigenvalue weighted by Crippen LogP contribution is 2.39. The second-order valence-corrected chi connectivity index (χ2v) is 6.34. The van der Waals surface area contributed by atoms with Crippen molar-refractivity contribution in [3.05, 3.63) is 36.0 Å². The minimum atomic E-state index is -0.662. The first-order chi connectivity index (χ1) is 10.2. The van der Waals surface area contributed by atoms with Gasteiger partial charge in [-0.05, 0) is 18.6 Å². The van der Waals surface area contributed by atoms with E-state index in [4.69, 9.17) is 19.7 Å². The van der Waals surface area contributed by atoms with Gasteiger partial charge >= 0.3 is 0 Å². The highest BCUT2D eigenvalue weighted by molar-refractivity contribution is 7.99. The molecule has 1 aromatic carbocycles. The van der Waals surface area contributed by atoms with Crippen molar-refractivity contribution >= 4 is 11.8 Å². The van der Waals surface area contributed by atoms with Crippen molar-refractivity contribution in [2.75, 3.05) is 19.0 Å².